The van der Waals surface area contributed by atoms with Crippen molar-refractivity contribution in [2.45, 2.75) is 44.1 Å². The molecule has 0 bridgehead atoms. The molecular formula is C17H20F6N6. The zero-order valence-electron chi connectivity index (χ0n) is 15.2. The van der Waals surface area contributed by atoms with Crippen LogP contribution in [0.1, 0.15) is 31.2 Å². The summed E-state index contributed by atoms with van der Waals surface area (Å²) in [5.41, 5.74) is 8.98. The topological polar surface area (TPSA) is 67.5 Å². The molecule has 0 radical (unpaired) electrons. The molecule has 12 heteroatoms. The van der Waals surface area contributed by atoms with Gasteiger partial charge in [0.1, 0.15) is 12.2 Å². The van der Waals surface area contributed by atoms with Gasteiger partial charge in [-0.05, 0) is 44.2 Å². The molecule has 0 amide bonds. The molecule has 0 spiro atoms. The number of allylic oxidation sites excluding steroid dienone is 1. The maximum atomic E-state index is 12.7. The van der Waals surface area contributed by atoms with Crippen LogP contribution in [0.4, 0.5) is 32.2 Å². The number of fused-ring (bicyclic) bond motifs is 3. The number of rotatable bonds is 4. The van der Waals surface area contributed by atoms with E-state index in [-0.39, 0.29) is 18.4 Å². The van der Waals surface area contributed by atoms with Crippen LogP contribution in [0.3, 0.4) is 0 Å². The first-order chi connectivity index (χ1) is 13.6. The van der Waals surface area contributed by atoms with Gasteiger partial charge < -0.3 is 10.4 Å². The van der Waals surface area contributed by atoms with Gasteiger partial charge >= 0.3 is 12.4 Å². The fourth-order valence-electron chi connectivity index (χ4n) is 4.15. The summed E-state index contributed by atoms with van der Waals surface area (Å²) in [6, 6.07) is -1.58. The van der Waals surface area contributed by atoms with Crippen molar-refractivity contribution >= 4 is 17.9 Å². The van der Waals surface area contributed by atoms with Crippen molar-refractivity contribution in [2.24, 2.45) is 16.8 Å². The molecule has 4 N–H and O–H groups in total. The third-order valence-corrected chi connectivity index (χ3v) is 5.61. The fraction of sp³-hybridized carbons (Fsp3) is 0.588. The number of hydrogen-bond acceptors (Lipinski definition) is 5. The number of nitrogens with one attached hydrogen (secondary N) is 4. The number of hydrogen-bond donors (Lipinski definition) is 4. The minimum atomic E-state index is -5.36. The Hall–Kier alpha value is -2.21. The van der Waals surface area contributed by atoms with Crippen LogP contribution in [0, 0.1) is 11.8 Å². The lowest BCUT2D eigenvalue weighted by atomic mass is 9.79. The molecule has 1 aromatic heterocycles. The second-order valence-corrected chi connectivity index (χ2v) is 7.50. The number of alkyl halides is 6. The lowest BCUT2D eigenvalue weighted by molar-refractivity contribution is -0.258. The largest absolute Gasteiger partial charge is 0.412 e. The van der Waals surface area contributed by atoms with E-state index in [0.717, 1.165) is 22.8 Å². The Balaban J connectivity index is 1.38. The molecule has 0 unspecified atom stereocenters. The van der Waals surface area contributed by atoms with Gasteiger partial charge in [-0.25, -0.2) is 10.0 Å². The molecule has 6 nitrogen and oxygen atoms in total. The van der Waals surface area contributed by atoms with Crippen molar-refractivity contribution in [1.82, 2.24) is 26.3 Å². The van der Waals surface area contributed by atoms with Crippen LogP contribution in [0.25, 0.3) is 5.70 Å². The van der Waals surface area contributed by atoms with E-state index >= 15 is 0 Å². The highest BCUT2D eigenvalue weighted by Gasteiger charge is 2.56. The Labute approximate surface area is 162 Å². The number of aromatic nitrogens is 1. The van der Waals surface area contributed by atoms with Crippen LogP contribution in [0.5, 0.6) is 0 Å². The Kier molecular flexibility index (Phi) is 5.01. The van der Waals surface area contributed by atoms with Gasteiger partial charge in [0, 0.05) is 17.7 Å². The lowest BCUT2D eigenvalue weighted by Gasteiger charge is -2.31. The molecular weight excluding hydrogens is 402 g/mol. The monoisotopic (exact) mass is 422 g/mol. The highest BCUT2D eigenvalue weighted by Crippen LogP contribution is 2.41. The SMILES string of the molecule is FC(F)(F)C(NCC1CCC(C2=C3c4cc[nH]c4N=CN3NN2)CC1)C(F)(F)F. The van der Waals surface area contributed by atoms with Gasteiger partial charge in [-0.1, -0.05) is 0 Å². The molecule has 1 aromatic rings. The molecule has 1 aliphatic carbocycles. The molecule has 29 heavy (non-hydrogen) atoms. The maximum absolute atomic E-state index is 12.7. The van der Waals surface area contributed by atoms with Crippen molar-refractivity contribution in [3.05, 3.63) is 23.5 Å². The number of aromatic amines is 1. The van der Waals surface area contributed by atoms with Gasteiger partial charge in [-0.15, -0.1) is 5.53 Å². The summed E-state index contributed by atoms with van der Waals surface area (Å²) in [5.74, 6) is 0.641. The first kappa shape index (κ1) is 20.1. The van der Waals surface area contributed by atoms with Crippen molar-refractivity contribution in [3.63, 3.8) is 0 Å². The predicted molar refractivity (Wildman–Crippen MR) is 93.3 cm³/mol. The van der Waals surface area contributed by atoms with E-state index in [9.17, 15) is 26.3 Å². The number of H-pyrrole nitrogens is 1. The van der Waals surface area contributed by atoms with Gasteiger partial charge in [-0.3, -0.25) is 5.32 Å². The van der Waals surface area contributed by atoms with Gasteiger partial charge in [0.2, 0.25) is 6.04 Å². The van der Waals surface area contributed by atoms with Crippen molar-refractivity contribution in [3.8, 4) is 0 Å². The molecule has 0 atom stereocenters. The zero-order chi connectivity index (χ0) is 20.8. The van der Waals surface area contributed by atoms with Crippen LogP contribution in [0.2, 0.25) is 0 Å². The van der Waals surface area contributed by atoms with Crippen molar-refractivity contribution < 1.29 is 26.3 Å². The van der Waals surface area contributed by atoms with Gasteiger partial charge in [0.15, 0.2) is 0 Å². The third-order valence-electron chi connectivity index (χ3n) is 5.61. The quantitative estimate of drug-likeness (QED) is 0.561. The number of hydrazine groups is 2. The van der Waals surface area contributed by atoms with E-state index in [1.807, 2.05) is 6.07 Å². The van der Waals surface area contributed by atoms with E-state index in [2.05, 4.69) is 20.9 Å². The Morgan fingerprint density at radius 1 is 1.10 bits per heavy atom. The third kappa shape index (κ3) is 3.95. The molecule has 2 aliphatic heterocycles. The predicted octanol–water partition coefficient (Wildman–Crippen LogP) is 3.57. The highest BCUT2D eigenvalue weighted by atomic mass is 19.4. The zero-order valence-corrected chi connectivity index (χ0v) is 15.2. The van der Waals surface area contributed by atoms with Crippen LogP contribution in [0.15, 0.2) is 23.0 Å². The standard InChI is InChI=1S/C17H20F6N6/c18-16(19,20)15(17(21,22)23)25-7-9-1-3-10(4-2-9)12-13-11-5-6-24-14(11)26-8-29(13)28-27-12/h5-6,8-10,15,24-25,27-28H,1-4,7H2. The van der Waals surface area contributed by atoms with E-state index < -0.39 is 18.4 Å². The van der Waals surface area contributed by atoms with Gasteiger partial charge in [0.25, 0.3) is 0 Å². The number of nitrogens with zero attached hydrogens (tertiary/aromatic N) is 2. The molecule has 3 aliphatic rings. The normalized spacial score (nSPS) is 24.7. The molecule has 0 aromatic carbocycles. The Bertz CT molecular complexity index is 788. The Morgan fingerprint density at radius 3 is 2.45 bits per heavy atom. The van der Waals surface area contributed by atoms with Crippen LogP contribution in [-0.4, -0.2) is 41.3 Å². The van der Waals surface area contributed by atoms with Gasteiger partial charge in [-0.2, -0.15) is 26.3 Å². The molecule has 3 heterocycles. The van der Waals surface area contributed by atoms with Gasteiger partial charge in [0.05, 0.1) is 11.4 Å². The average Bonchev–Trinajstić information content (AvgIpc) is 3.26. The van der Waals surface area contributed by atoms with E-state index in [1.54, 1.807) is 22.9 Å². The lowest BCUT2D eigenvalue weighted by Crippen LogP contribution is -2.53. The van der Waals surface area contributed by atoms with E-state index in [4.69, 9.17) is 0 Å². The number of aliphatic imine (C=N–C) groups is 1. The summed E-state index contributed by atoms with van der Waals surface area (Å²) in [4.78, 5) is 7.33. The highest BCUT2D eigenvalue weighted by molar-refractivity contribution is 5.87. The summed E-state index contributed by atoms with van der Waals surface area (Å²) in [6.07, 6.45) is -4.85. The second kappa shape index (κ2) is 7.24. The molecule has 1 saturated carbocycles. The molecule has 0 saturated heterocycles. The first-order valence-corrected chi connectivity index (χ1v) is 9.28. The van der Waals surface area contributed by atoms with Crippen molar-refractivity contribution in [1.29, 1.82) is 0 Å². The molecule has 1 fully saturated rings. The molecule has 4 rings (SSSR count). The maximum Gasteiger partial charge on any atom is 0.412 e. The average molecular weight is 422 g/mol. The first-order valence-electron chi connectivity index (χ1n) is 9.28. The summed E-state index contributed by atoms with van der Waals surface area (Å²) < 4.78 is 76.0. The summed E-state index contributed by atoms with van der Waals surface area (Å²) in [5, 5.41) is 3.45. The van der Waals surface area contributed by atoms with Crippen molar-refractivity contribution in [2.75, 3.05) is 6.54 Å². The van der Waals surface area contributed by atoms with Crippen LogP contribution in [-0.2, 0) is 0 Å². The minimum absolute atomic E-state index is 0.133. The van der Waals surface area contributed by atoms with E-state index in [1.165, 1.54) is 0 Å². The smallest absolute Gasteiger partial charge is 0.346 e. The van der Waals surface area contributed by atoms with Crippen LogP contribution < -0.4 is 16.3 Å². The fourth-order valence-corrected chi connectivity index (χ4v) is 4.15. The summed E-state index contributed by atoms with van der Waals surface area (Å²) in [7, 11) is 0. The summed E-state index contributed by atoms with van der Waals surface area (Å²) in [6.45, 7) is -0.311. The number of halogens is 6. The Morgan fingerprint density at radius 2 is 1.79 bits per heavy atom. The molecule has 160 valence electrons. The second-order valence-electron chi connectivity index (χ2n) is 7.50. The van der Waals surface area contributed by atoms with E-state index in [0.29, 0.717) is 25.7 Å². The minimum Gasteiger partial charge on any atom is -0.346 e. The summed E-state index contributed by atoms with van der Waals surface area (Å²) >= 11 is 0. The van der Waals surface area contributed by atoms with Crippen LogP contribution >= 0.6 is 0 Å².